The predicted molar refractivity (Wildman–Crippen MR) is 158 cm³/mol. The molecule has 0 amide bonds. The fraction of sp³-hybridized carbons (Fsp3) is 0. The maximum atomic E-state index is 5.08. The molecular weight excluding hydrogens is 475 g/mol. The zero-order chi connectivity index (χ0) is 23.6. The van der Waals surface area contributed by atoms with Gasteiger partial charge < -0.3 is 0 Å². The van der Waals surface area contributed by atoms with Gasteiger partial charge in [0.2, 0.25) is 0 Å². The van der Waals surface area contributed by atoms with Crippen molar-refractivity contribution in [3.05, 3.63) is 115 Å². The van der Waals surface area contributed by atoms with Gasteiger partial charge in [-0.2, -0.15) is 0 Å². The molecule has 0 saturated carbocycles. The lowest BCUT2D eigenvalue weighted by Gasteiger charge is -2.10. The summed E-state index contributed by atoms with van der Waals surface area (Å²) in [7, 11) is 0. The molecule has 5 aromatic carbocycles. The number of rotatable bonds is 2. The van der Waals surface area contributed by atoms with Crippen LogP contribution in [0.15, 0.2) is 115 Å². The van der Waals surface area contributed by atoms with Crippen LogP contribution in [0, 0.1) is 0 Å². The van der Waals surface area contributed by atoms with Gasteiger partial charge in [-0.25, -0.2) is 4.98 Å². The quantitative estimate of drug-likeness (QED) is 0.233. The molecule has 0 spiro atoms. The Hall–Kier alpha value is -4.05. The zero-order valence-corrected chi connectivity index (χ0v) is 20.9. The standard InChI is InChI=1S/C33H19NS2/c1-4-13-27-25(9-1)30(33-31(34-27)26-10-3-6-15-29(26)36-33)21-18-16-20(17-19-21)22-11-7-12-24-23-8-2-5-14-28(23)35-32(22)24/h1-19H. The van der Waals surface area contributed by atoms with Crippen molar-refractivity contribution < 1.29 is 0 Å². The first kappa shape index (κ1) is 20.2. The van der Waals surface area contributed by atoms with Crippen LogP contribution in [0.4, 0.5) is 0 Å². The van der Waals surface area contributed by atoms with E-state index in [1.807, 2.05) is 22.7 Å². The minimum absolute atomic E-state index is 1.04. The highest BCUT2D eigenvalue weighted by molar-refractivity contribution is 7.26. The van der Waals surface area contributed by atoms with E-state index < -0.39 is 0 Å². The number of pyridine rings is 1. The van der Waals surface area contributed by atoms with Crippen LogP contribution >= 0.6 is 22.7 Å². The molecule has 0 fully saturated rings. The average molecular weight is 494 g/mol. The van der Waals surface area contributed by atoms with E-state index >= 15 is 0 Å². The fourth-order valence-electron chi connectivity index (χ4n) is 5.42. The predicted octanol–water partition coefficient (Wildman–Crippen LogP) is 10.3. The molecule has 8 rings (SSSR count). The molecule has 0 saturated heterocycles. The summed E-state index contributed by atoms with van der Waals surface area (Å²) < 4.78 is 5.23. The Labute approximate surface area is 215 Å². The Balaban J connectivity index is 1.35. The zero-order valence-electron chi connectivity index (χ0n) is 19.2. The van der Waals surface area contributed by atoms with Crippen LogP contribution in [0.25, 0.3) is 73.6 Å². The third kappa shape index (κ3) is 2.91. The van der Waals surface area contributed by atoms with E-state index in [2.05, 4.69) is 115 Å². The van der Waals surface area contributed by atoms with Gasteiger partial charge in [0, 0.05) is 41.2 Å². The van der Waals surface area contributed by atoms with Crippen molar-refractivity contribution in [3.8, 4) is 22.3 Å². The topological polar surface area (TPSA) is 12.9 Å². The van der Waals surface area contributed by atoms with Gasteiger partial charge in [-0.05, 0) is 34.9 Å². The Morgan fingerprint density at radius 3 is 1.89 bits per heavy atom. The van der Waals surface area contributed by atoms with Gasteiger partial charge in [-0.3, -0.25) is 0 Å². The van der Waals surface area contributed by atoms with Gasteiger partial charge in [-0.15, -0.1) is 22.7 Å². The summed E-state index contributed by atoms with van der Waals surface area (Å²) >= 11 is 3.73. The summed E-state index contributed by atoms with van der Waals surface area (Å²) in [5.74, 6) is 0. The van der Waals surface area contributed by atoms with Crippen LogP contribution in [0.1, 0.15) is 0 Å². The molecule has 0 aliphatic heterocycles. The molecule has 0 bridgehead atoms. The lowest BCUT2D eigenvalue weighted by Crippen LogP contribution is -1.87. The highest BCUT2D eigenvalue weighted by Crippen LogP contribution is 2.44. The van der Waals surface area contributed by atoms with Crippen LogP contribution in [-0.2, 0) is 0 Å². The van der Waals surface area contributed by atoms with Crippen LogP contribution in [-0.4, -0.2) is 4.98 Å². The van der Waals surface area contributed by atoms with Crippen LogP contribution in [0.5, 0.6) is 0 Å². The van der Waals surface area contributed by atoms with E-state index in [1.54, 1.807) is 0 Å². The van der Waals surface area contributed by atoms with Crippen molar-refractivity contribution in [1.82, 2.24) is 4.98 Å². The van der Waals surface area contributed by atoms with Crippen LogP contribution < -0.4 is 0 Å². The van der Waals surface area contributed by atoms with Crippen LogP contribution in [0.2, 0.25) is 0 Å². The highest BCUT2D eigenvalue weighted by Gasteiger charge is 2.16. The lowest BCUT2D eigenvalue weighted by molar-refractivity contribution is 1.52. The Bertz CT molecular complexity index is 2100. The van der Waals surface area contributed by atoms with Gasteiger partial charge in [0.15, 0.2) is 0 Å². The average Bonchev–Trinajstić information content (AvgIpc) is 3.50. The smallest absolute Gasteiger partial charge is 0.0902 e. The minimum Gasteiger partial charge on any atom is -0.246 e. The molecule has 0 unspecified atom stereocenters. The van der Waals surface area contributed by atoms with Crippen molar-refractivity contribution in [3.63, 3.8) is 0 Å². The SMILES string of the molecule is c1ccc2c(-c3ccc(-c4cccc5c4sc4ccccc45)cc3)c3sc4ccccc4c3nc2c1. The highest BCUT2D eigenvalue weighted by atomic mass is 32.1. The maximum absolute atomic E-state index is 5.08. The van der Waals surface area contributed by atoms with Gasteiger partial charge in [0.05, 0.1) is 15.7 Å². The second-order valence-electron chi connectivity index (χ2n) is 9.14. The van der Waals surface area contributed by atoms with Gasteiger partial charge >= 0.3 is 0 Å². The summed E-state index contributed by atoms with van der Waals surface area (Å²) in [5.41, 5.74) is 7.21. The molecule has 0 aliphatic carbocycles. The number of hydrogen-bond acceptors (Lipinski definition) is 3. The number of fused-ring (bicyclic) bond motifs is 7. The molecule has 3 heteroatoms. The third-order valence-electron chi connectivity index (χ3n) is 7.09. The lowest BCUT2D eigenvalue weighted by atomic mass is 9.96. The molecule has 1 nitrogen and oxygen atoms in total. The van der Waals surface area contributed by atoms with Crippen LogP contribution in [0.3, 0.4) is 0 Å². The number of para-hydroxylation sites is 1. The van der Waals surface area contributed by atoms with E-state index in [4.69, 9.17) is 4.98 Å². The summed E-state index contributed by atoms with van der Waals surface area (Å²) in [6.45, 7) is 0. The second kappa shape index (κ2) is 7.72. The van der Waals surface area contributed by atoms with E-state index in [1.165, 1.54) is 62.6 Å². The maximum Gasteiger partial charge on any atom is 0.0902 e. The van der Waals surface area contributed by atoms with Gasteiger partial charge in [-0.1, -0.05) is 97.1 Å². The third-order valence-corrected chi connectivity index (χ3v) is 9.49. The van der Waals surface area contributed by atoms with E-state index in [9.17, 15) is 0 Å². The number of aromatic nitrogens is 1. The monoisotopic (exact) mass is 493 g/mol. The van der Waals surface area contributed by atoms with Crippen molar-refractivity contribution in [1.29, 1.82) is 0 Å². The van der Waals surface area contributed by atoms with E-state index in [-0.39, 0.29) is 0 Å². The molecular formula is C33H19NS2. The Kier molecular flexibility index (Phi) is 4.33. The Morgan fingerprint density at radius 2 is 1.06 bits per heavy atom. The summed E-state index contributed by atoms with van der Waals surface area (Å²) in [5, 5.41) is 5.11. The summed E-state index contributed by atoms with van der Waals surface area (Å²) in [6, 6.07) is 41.6. The number of hydrogen-bond donors (Lipinski definition) is 0. The Morgan fingerprint density at radius 1 is 0.444 bits per heavy atom. The number of nitrogens with zero attached hydrogens (tertiary/aromatic N) is 1. The molecule has 3 aromatic heterocycles. The van der Waals surface area contributed by atoms with Gasteiger partial charge in [0.25, 0.3) is 0 Å². The van der Waals surface area contributed by atoms with Gasteiger partial charge in [0.1, 0.15) is 0 Å². The summed E-state index contributed by atoms with van der Waals surface area (Å²) in [6.07, 6.45) is 0. The molecule has 0 N–H and O–H groups in total. The summed E-state index contributed by atoms with van der Waals surface area (Å²) in [4.78, 5) is 5.08. The molecule has 168 valence electrons. The minimum atomic E-state index is 1.04. The molecule has 0 atom stereocenters. The first-order valence-electron chi connectivity index (χ1n) is 12.1. The van der Waals surface area contributed by atoms with Crippen molar-refractivity contribution in [2.75, 3.05) is 0 Å². The molecule has 0 aliphatic rings. The first-order chi connectivity index (χ1) is 17.8. The van der Waals surface area contributed by atoms with Crippen molar-refractivity contribution in [2.45, 2.75) is 0 Å². The first-order valence-corrected chi connectivity index (χ1v) is 13.7. The number of benzene rings is 5. The normalized spacial score (nSPS) is 11.9. The van der Waals surface area contributed by atoms with E-state index in [0.29, 0.717) is 0 Å². The van der Waals surface area contributed by atoms with E-state index in [0.717, 1.165) is 11.0 Å². The molecule has 0 radical (unpaired) electrons. The largest absolute Gasteiger partial charge is 0.246 e. The molecule has 8 aromatic rings. The van der Waals surface area contributed by atoms with Crippen molar-refractivity contribution in [2.24, 2.45) is 0 Å². The number of thiophene rings is 2. The van der Waals surface area contributed by atoms with Crippen molar-refractivity contribution >= 4 is 74.1 Å². The molecule has 36 heavy (non-hydrogen) atoms. The second-order valence-corrected chi connectivity index (χ2v) is 11.2. The molecule has 3 heterocycles. The fourth-order valence-corrected chi connectivity index (χ4v) is 7.88.